The zero-order valence-electron chi connectivity index (χ0n) is 11.9. The van der Waals surface area contributed by atoms with Crippen LogP contribution in [0.1, 0.15) is 74.3 Å². The first-order chi connectivity index (χ1) is 9.38. The lowest BCUT2D eigenvalue weighted by molar-refractivity contribution is 0.270. The monoisotopic (exact) mass is 258 g/mol. The zero-order chi connectivity index (χ0) is 13.1. The van der Waals surface area contributed by atoms with E-state index in [-0.39, 0.29) is 0 Å². The largest absolute Gasteiger partial charge is 0.396 e. The van der Waals surface area contributed by atoms with Gasteiger partial charge in [-0.25, -0.2) is 0 Å². The molecule has 0 amide bonds. The SMILES string of the molecule is OCCC(c1ccc(C2CCCCC2)cc1)C1CC1. The van der Waals surface area contributed by atoms with Gasteiger partial charge in [0.05, 0.1) is 0 Å². The molecule has 1 nitrogen and oxygen atoms in total. The third kappa shape index (κ3) is 3.20. The number of aliphatic hydroxyl groups is 1. The van der Waals surface area contributed by atoms with E-state index >= 15 is 0 Å². The Hall–Kier alpha value is -0.820. The van der Waals surface area contributed by atoms with Crippen LogP contribution in [0.2, 0.25) is 0 Å². The maximum Gasteiger partial charge on any atom is 0.0436 e. The minimum absolute atomic E-state index is 0.325. The lowest BCUT2D eigenvalue weighted by atomic mass is 9.83. The first kappa shape index (κ1) is 13.2. The van der Waals surface area contributed by atoms with E-state index in [1.54, 1.807) is 5.56 Å². The van der Waals surface area contributed by atoms with Gasteiger partial charge in [0.15, 0.2) is 0 Å². The lowest BCUT2D eigenvalue weighted by Gasteiger charge is -2.23. The maximum absolute atomic E-state index is 9.23. The third-order valence-corrected chi connectivity index (χ3v) is 5.07. The normalized spacial score (nSPS) is 22.4. The smallest absolute Gasteiger partial charge is 0.0436 e. The van der Waals surface area contributed by atoms with Crippen molar-refractivity contribution in [1.82, 2.24) is 0 Å². The summed E-state index contributed by atoms with van der Waals surface area (Å²) in [7, 11) is 0. The van der Waals surface area contributed by atoms with Crippen LogP contribution in [0.5, 0.6) is 0 Å². The van der Waals surface area contributed by atoms with E-state index in [9.17, 15) is 5.11 Å². The Morgan fingerprint density at radius 1 is 0.947 bits per heavy atom. The molecule has 1 aromatic rings. The van der Waals surface area contributed by atoms with E-state index < -0.39 is 0 Å². The highest BCUT2D eigenvalue weighted by Gasteiger charge is 2.31. The lowest BCUT2D eigenvalue weighted by Crippen LogP contribution is -2.06. The van der Waals surface area contributed by atoms with Gasteiger partial charge in [-0.1, -0.05) is 43.5 Å². The van der Waals surface area contributed by atoms with Crippen LogP contribution >= 0.6 is 0 Å². The second kappa shape index (κ2) is 6.09. The maximum atomic E-state index is 9.23. The Labute approximate surface area is 117 Å². The molecule has 0 aromatic heterocycles. The summed E-state index contributed by atoms with van der Waals surface area (Å²) < 4.78 is 0. The van der Waals surface area contributed by atoms with Crippen molar-refractivity contribution in [2.45, 2.75) is 63.2 Å². The summed E-state index contributed by atoms with van der Waals surface area (Å²) in [5, 5.41) is 9.23. The molecule has 1 atom stereocenters. The van der Waals surface area contributed by atoms with Gasteiger partial charge in [-0.15, -0.1) is 0 Å². The van der Waals surface area contributed by atoms with Crippen LogP contribution in [-0.2, 0) is 0 Å². The van der Waals surface area contributed by atoms with Crippen molar-refractivity contribution in [3.05, 3.63) is 35.4 Å². The Balaban J connectivity index is 1.70. The molecule has 2 saturated carbocycles. The number of hydrogen-bond acceptors (Lipinski definition) is 1. The van der Waals surface area contributed by atoms with Crippen LogP contribution in [0.15, 0.2) is 24.3 Å². The summed E-state index contributed by atoms with van der Waals surface area (Å²) in [6.45, 7) is 0.325. The van der Waals surface area contributed by atoms with Crippen LogP contribution in [0.3, 0.4) is 0 Å². The zero-order valence-corrected chi connectivity index (χ0v) is 11.9. The van der Waals surface area contributed by atoms with Crippen molar-refractivity contribution in [3.63, 3.8) is 0 Å². The molecular weight excluding hydrogens is 232 g/mol. The molecule has 2 aliphatic rings. The van der Waals surface area contributed by atoms with E-state index in [1.807, 2.05) is 0 Å². The highest BCUT2D eigenvalue weighted by Crippen LogP contribution is 2.44. The predicted octanol–water partition coefficient (Wildman–Crippen LogP) is 4.61. The van der Waals surface area contributed by atoms with E-state index in [0.29, 0.717) is 12.5 Å². The molecule has 0 radical (unpaired) electrons. The summed E-state index contributed by atoms with van der Waals surface area (Å²) in [4.78, 5) is 0. The summed E-state index contributed by atoms with van der Waals surface area (Å²) in [6.07, 6.45) is 10.6. The van der Waals surface area contributed by atoms with Gasteiger partial charge in [0.25, 0.3) is 0 Å². The summed E-state index contributed by atoms with van der Waals surface area (Å²) in [5.74, 6) is 2.25. The van der Waals surface area contributed by atoms with Crippen LogP contribution in [-0.4, -0.2) is 11.7 Å². The molecule has 0 bridgehead atoms. The number of aliphatic hydroxyl groups excluding tert-OH is 1. The van der Waals surface area contributed by atoms with Crippen LogP contribution in [0, 0.1) is 5.92 Å². The number of rotatable bonds is 5. The molecule has 0 saturated heterocycles. The van der Waals surface area contributed by atoms with E-state index in [2.05, 4.69) is 24.3 Å². The molecule has 104 valence electrons. The Bertz CT molecular complexity index is 385. The Morgan fingerprint density at radius 2 is 1.63 bits per heavy atom. The summed E-state index contributed by atoms with van der Waals surface area (Å²) >= 11 is 0. The van der Waals surface area contributed by atoms with Crippen molar-refractivity contribution in [1.29, 1.82) is 0 Å². The molecule has 0 spiro atoms. The topological polar surface area (TPSA) is 20.2 Å². The van der Waals surface area contributed by atoms with Gasteiger partial charge in [-0.3, -0.25) is 0 Å². The fourth-order valence-electron chi connectivity index (χ4n) is 3.76. The Morgan fingerprint density at radius 3 is 2.21 bits per heavy atom. The molecule has 1 unspecified atom stereocenters. The fourth-order valence-corrected chi connectivity index (χ4v) is 3.76. The molecule has 3 rings (SSSR count). The minimum Gasteiger partial charge on any atom is -0.396 e. The minimum atomic E-state index is 0.325. The molecule has 19 heavy (non-hydrogen) atoms. The van der Waals surface area contributed by atoms with Crippen molar-refractivity contribution >= 4 is 0 Å². The van der Waals surface area contributed by atoms with E-state index in [4.69, 9.17) is 0 Å². The molecule has 0 aliphatic heterocycles. The van der Waals surface area contributed by atoms with Crippen LogP contribution in [0.25, 0.3) is 0 Å². The Kier molecular flexibility index (Phi) is 4.22. The molecule has 1 heteroatoms. The molecule has 1 aromatic carbocycles. The average molecular weight is 258 g/mol. The average Bonchev–Trinajstić information content (AvgIpc) is 3.31. The highest BCUT2D eigenvalue weighted by atomic mass is 16.3. The van der Waals surface area contributed by atoms with Crippen LogP contribution < -0.4 is 0 Å². The number of hydrogen-bond donors (Lipinski definition) is 1. The fraction of sp³-hybridized carbons (Fsp3) is 0.667. The van der Waals surface area contributed by atoms with Crippen molar-refractivity contribution in [2.24, 2.45) is 5.92 Å². The number of benzene rings is 1. The van der Waals surface area contributed by atoms with E-state index in [0.717, 1.165) is 18.3 Å². The molecule has 0 heterocycles. The first-order valence-electron chi connectivity index (χ1n) is 8.09. The summed E-state index contributed by atoms with van der Waals surface area (Å²) in [6, 6.07) is 9.39. The van der Waals surface area contributed by atoms with Gasteiger partial charge >= 0.3 is 0 Å². The first-order valence-corrected chi connectivity index (χ1v) is 8.09. The molecule has 1 N–H and O–H groups in total. The van der Waals surface area contributed by atoms with Gasteiger partial charge in [-0.2, -0.15) is 0 Å². The molecule has 2 fully saturated rings. The highest BCUT2D eigenvalue weighted by molar-refractivity contribution is 5.29. The molecular formula is C18H26O. The van der Waals surface area contributed by atoms with Crippen LogP contribution in [0.4, 0.5) is 0 Å². The van der Waals surface area contributed by atoms with Gasteiger partial charge in [0.1, 0.15) is 0 Å². The van der Waals surface area contributed by atoms with E-state index in [1.165, 1.54) is 50.5 Å². The second-order valence-electron chi connectivity index (χ2n) is 6.46. The standard InChI is InChI=1S/C18H26O/c19-13-12-18(17-10-11-17)16-8-6-15(7-9-16)14-4-2-1-3-5-14/h6-9,14,17-19H,1-5,10-13H2. The van der Waals surface area contributed by atoms with Gasteiger partial charge in [0.2, 0.25) is 0 Å². The third-order valence-electron chi connectivity index (χ3n) is 5.07. The predicted molar refractivity (Wildman–Crippen MR) is 79.4 cm³/mol. The summed E-state index contributed by atoms with van der Waals surface area (Å²) in [5.41, 5.74) is 3.00. The van der Waals surface area contributed by atoms with Gasteiger partial charge in [-0.05, 0) is 61.0 Å². The molecule has 2 aliphatic carbocycles. The van der Waals surface area contributed by atoms with Crippen molar-refractivity contribution in [3.8, 4) is 0 Å². The van der Waals surface area contributed by atoms with Gasteiger partial charge < -0.3 is 5.11 Å². The van der Waals surface area contributed by atoms with Crippen molar-refractivity contribution in [2.75, 3.05) is 6.61 Å². The quantitative estimate of drug-likeness (QED) is 0.817. The van der Waals surface area contributed by atoms with Crippen molar-refractivity contribution < 1.29 is 5.11 Å². The van der Waals surface area contributed by atoms with Gasteiger partial charge in [0, 0.05) is 6.61 Å². The second-order valence-corrected chi connectivity index (χ2v) is 6.46.